The molecule has 0 unspecified atom stereocenters. The summed E-state index contributed by atoms with van der Waals surface area (Å²) in [7, 11) is 0. The van der Waals surface area contributed by atoms with Crippen molar-refractivity contribution in [3.8, 4) is 0 Å². The van der Waals surface area contributed by atoms with Crippen LogP contribution in [0.25, 0.3) is 12.2 Å². The molecule has 3 aromatic rings. The molecule has 2 N–H and O–H groups in total. The minimum absolute atomic E-state index is 0.240. The Morgan fingerprint density at radius 3 is 1.43 bits per heavy atom. The third-order valence-electron chi connectivity index (χ3n) is 3.85. The van der Waals surface area contributed by atoms with E-state index < -0.39 is 0 Å². The molecule has 0 radical (unpaired) electrons. The van der Waals surface area contributed by atoms with Gasteiger partial charge in [-0.3, -0.25) is 9.59 Å². The Labute approximate surface area is 164 Å². The number of hydrogen-bond acceptors (Lipinski definition) is 2. The van der Waals surface area contributed by atoms with Crippen molar-refractivity contribution >= 4 is 35.3 Å². The van der Waals surface area contributed by atoms with Gasteiger partial charge in [-0.2, -0.15) is 0 Å². The number of carbonyl (C=O) groups is 2. The van der Waals surface area contributed by atoms with Gasteiger partial charge in [0, 0.05) is 23.5 Å². The number of nitrogens with one attached hydrogen (secondary N) is 2. The zero-order chi connectivity index (χ0) is 19.6. The lowest BCUT2D eigenvalue weighted by Crippen LogP contribution is -2.10. The van der Waals surface area contributed by atoms with E-state index in [2.05, 4.69) is 10.6 Å². The smallest absolute Gasteiger partial charge is 0.248 e. The van der Waals surface area contributed by atoms with Crippen LogP contribution in [0.15, 0.2) is 97.1 Å². The van der Waals surface area contributed by atoms with Crippen molar-refractivity contribution in [2.24, 2.45) is 0 Å². The minimum Gasteiger partial charge on any atom is -0.322 e. The predicted molar refractivity (Wildman–Crippen MR) is 115 cm³/mol. The van der Waals surface area contributed by atoms with Crippen molar-refractivity contribution in [3.05, 3.63) is 108 Å². The van der Waals surface area contributed by atoms with Crippen LogP contribution in [0.4, 0.5) is 11.4 Å². The molecule has 0 aromatic heterocycles. The van der Waals surface area contributed by atoms with Gasteiger partial charge in [-0.25, -0.2) is 0 Å². The Hall–Kier alpha value is -3.92. The molecule has 0 aliphatic heterocycles. The van der Waals surface area contributed by atoms with Crippen LogP contribution < -0.4 is 10.6 Å². The first-order valence-electron chi connectivity index (χ1n) is 8.87. The van der Waals surface area contributed by atoms with Gasteiger partial charge >= 0.3 is 0 Å². The van der Waals surface area contributed by atoms with Crippen molar-refractivity contribution < 1.29 is 9.59 Å². The van der Waals surface area contributed by atoms with Gasteiger partial charge < -0.3 is 10.6 Å². The number of benzene rings is 3. The van der Waals surface area contributed by atoms with Crippen LogP contribution in [-0.4, -0.2) is 11.8 Å². The number of rotatable bonds is 6. The highest BCUT2D eigenvalue weighted by atomic mass is 16.2. The van der Waals surface area contributed by atoms with Crippen LogP contribution in [0, 0.1) is 0 Å². The van der Waals surface area contributed by atoms with Gasteiger partial charge in [-0.15, -0.1) is 0 Å². The van der Waals surface area contributed by atoms with Crippen molar-refractivity contribution in [3.63, 3.8) is 0 Å². The molecule has 0 saturated heterocycles. The Kier molecular flexibility index (Phi) is 6.53. The van der Waals surface area contributed by atoms with Crippen molar-refractivity contribution in [2.45, 2.75) is 0 Å². The van der Waals surface area contributed by atoms with Crippen LogP contribution >= 0.6 is 0 Å². The first-order chi connectivity index (χ1) is 13.7. The standard InChI is InChI=1S/C24H20N2O2/c27-23(16-14-19-8-3-1-4-9-19)25-21-12-7-13-22(18-21)26-24(28)17-15-20-10-5-2-6-11-20/h1-18H,(H,25,27)(H,26,28)/b16-14+,17-15+. The summed E-state index contributed by atoms with van der Waals surface area (Å²) in [4.78, 5) is 24.2. The van der Waals surface area contributed by atoms with Gasteiger partial charge in [0.05, 0.1) is 0 Å². The van der Waals surface area contributed by atoms with Crippen LogP contribution in [0.5, 0.6) is 0 Å². The fourth-order valence-electron chi connectivity index (χ4n) is 2.51. The molecule has 4 nitrogen and oxygen atoms in total. The molecule has 4 heteroatoms. The molecule has 3 rings (SSSR count). The summed E-state index contributed by atoms with van der Waals surface area (Å²) < 4.78 is 0. The van der Waals surface area contributed by atoms with E-state index in [1.54, 1.807) is 36.4 Å². The third kappa shape index (κ3) is 6.11. The number of anilines is 2. The topological polar surface area (TPSA) is 58.2 Å². The van der Waals surface area contributed by atoms with Gasteiger partial charge in [0.1, 0.15) is 0 Å². The second kappa shape index (κ2) is 9.69. The Balaban J connectivity index is 1.57. The third-order valence-corrected chi connectivity index (χ3v) is 3.85. The lowest BCUT2D eigenvalue weighted by Gasteiger charge is -2.06. The van der Waals surface area contributed by atoms with Crippen LogP contribution in [0.1, 0.15) is 11.1 Å². The van der Waals surface area contributed by atoms with E-state index >= 15 is 0 Å². The fourth-order valence-corrected chi connectivity index (χ4v) is 2.51. The molecule has 138 valence electrons. The van der Waals surface area contributed by atoms with E-state index in [-0.39, 0.29) is 11.8 Å². The van der Waals surface area contributed by atoms with Gasteiger partial charge in [-0.05, 0) is 41.5 Å². The summed E-state index contributed by atoms with van der Waals surface area (Å²) in [5.74, 6) is -0.479. The van der Waals surface area contributed by atoms with E-state index in [0.717, 1.165) is 11.1 Å². The zero-order valence-corrected chi connectivity index (χ0v) is 15.2. The monoisotopic (exact) mass is 368 g/mol. The molecule has 3 aromatic carbocycles. The molecule has 0 aliphatic carbocycles. The first kappa shape index (κ1) is 18.9. The zero-order valence-electron chi connectivity index (χ0n) is 15.2. The van der Waals surface area contributed by atoms with E-state index in [1.165, 1.54) is 12.2 Å². The summed E-state index contributed by atoms with van der Waals surface area (Å²) in [6.07, 6.45) is 6.44. The van der Waals surface area contributed by atoms with Gasteiger partial charge in [0.2, 0.25) is 11.8 Å². The lowest BCUT2D eigenvalue weighted by atomic mass is 10.2. The second-order valence-corrected chi connectivity index (χ2v) is 6.05. The van der Waals surface area contributed by atoms with Crippen molar-refractivity contribution in [1.29, 1.82) is 0 Å². The van der Waals surface area contributed by atoms with Gasteiger partial charge in [0.15, 0.2) is 0 Å². The second-order valence-electron chi connectivity index (χ2n) is 6.05. The Morgan fingerprint density at radius 1 is 0.571 bits per heavy atom. The molecular formula is C24H20N2O2. The molecular weight excluding hydrogens is 348 g/mol. The predicted octanol–water partition coefficient (Wildman–Crippen LogP) is 4.99. The first-order valence-corrected chi connectivity index (χ1v) is 8.87. The fraction of sp³-hybridized carbons (Fsp3) is 0. The maximum absolute atomic E-state index is 12.1. The normalized spacial score (nSPS) is 10.9. The molecule has 2 amide bonds. The molecule has 0 fully saturated rings. The lowest BCUT2D eigenvalue weighted by molar-refractivity contribution is -0.112. The average Bonchev–Trinajstić information content (AvgIpc) is 2.72. The number of hydrogen-bond donors (Lipinski definition) is 2. The SMILES string of the molecule is O=C(/C=C/c1ccccc1)Nc1cccc(NC(=O)/C=C/c2ccccc2)c1. The molecule has 0 heterocycles. The molecule has 0 bridgehead atoms. The molecule has 0 spiro atoms. The van der Waals surface area contributed by atoms with E-state index in [9.17, 15) is 9.59 Å². The average molecular weight is 368 g/mol. The summed E-state index contributed by atoms with van der Waals surface area (Å²) in [6.45, 7) is 0. The number of amides is 2. The Bertz CT molecular complexity index is 915. The maximum atomic E-state index is 12.1. The Morgan fingerprint density at radius 2 is 1.00 bits per heavy atom. The minimum atomic E-state index is -0.240. The maximum Gasteiger partial charge on any atom is 0.248 e. The molecule has 0 aliphatic rings. The highest BCUT2D eigenvalue weighted by Gasteiger charge is 2.02. The molecule has 0 atom stereocenters. The summed E-state index contributed by atoms with van der Waals surface area (Å²) >= 11 is 0. The summed E-state index contributed by atoms with van der Waals surface area (Å²) in [5.41, 5.74) is 3.10. The van der Waals surface area contributed by atoms with E-state index in [1.807, 2.05) is 60.7 Å². The molecule has 28 heavy (non-hydrogen) atoms. The largest absolute Gasteiger partial charge is 0.322 e. The van der Waals surface area contributed by atoms with Gasteiger partial charge in [0.25, 0.3) is 0 Å². The highest BCUT2D eigenvalue weighted by Crippen LogP contribution is 2.15. The van der Waals surface area contributed by atoms with Gasteiger partial charge in [-0.1, -0.05) is 66.7 Å². The van der Waals surface area contributed by atoms with Crippen LogP contribution in [0.2, 0.25) is 0 Å². The van der Waals surface area contributed by atoms with Crippen molar-refractivity contribution in [1.82, 2.24) is 0 Å². The quantitative estimate of drug-likeness (QED) is 0.602. The highest BCUT2D eigenvalue weighted by molar-refractivity contribution is 6.04. The molecule has 0 saturated carbocycles. The van der Waals surface area contributed by atoms with Crippen LogP contribution in [0.3, 0.4) is 0 Å². The van der Waals surface area contributed by atoms with E-state index in [4.69, 9.17) is 0 Å². The van der Waals surface area contributed by atoms with Crippen molar-refractivity contribution in [2.75, 3.05) is 10.6 Å². The number of carbonyl (C=O) groups excluding carboxylic acids is 2. The van der Waals surface area contributed by atoms with Crippen LogP contribution in [-0.2, 0) is 9.59 Å². The van der Waals surface area contributed by atoms with E-state index in [0.29, 0.717) is 11.4 Å². The summed E-state index contributed by atoms with van der Waals surface area (Å²) in [5, 5.41) is 5.58. The summed E-state index contributed by atoms with van der Waals surface area (Å²) in [6, 6.07) is 26.2.